The van der Waals surface area contributed by atoms with Crippen molar-refractivity contribution < 1.29 is 31.4 Å². The molecule has 82 heavy (non-hydrogen) atoms. The smallest absolute Gasteiger partial charge is 1.00 e. The summed E-state index contributed by atoms with van der Waals surface area (Å²) in [5.41, 5.74) is 10.0. The Labute approximate surface area is 552 Å². The van der Waals surface area contributed by atoms with Crippen LogP contribution in [-0.2, 0) is 34.0 Å². The molecule has 0 atom stereocenters. The van der Waals surface area contributed by atoms with Crippen molar-refractivity contribution in [2.75, 3.05) is 46.6 Å². The van der Waals surface area contributed by atoms with Crippen LogP contribution in [0.5, 0.6) is 0 Å². The fourth-order valence-electron chi connectivity index (χ4n) is 5.71. The number of carbonyl (C=O) groups is 3. The third kappa shape index (κ3) is 59.3. The summed E-state index contributed by atoms with van der Waals surface area (Å²) in [7, 11) is 9.22. The number of allylic oxidation sites excluding steroid dienone is 1. The first-order valence-corrected chi connectivity index (χ1v) is 34.6. The Morgan fingerprint density at radius 1 is 0.573 bits per heavy atom. The minimum absolute atomic E-state index is 0. The number of rotatable bonds is 12. The van der Waals surface area contributed by atoms with Crippen LogP contribution < -0.4 is 17.7 Å². The maximum Gasteiger partial charge on any atom is -1.00 e. The van der Waals surface area contributed by atoms with E-state index in [2.05, 4.69) is 141 Å². The molecular formula is C61H96Cl11N6O3P. The van der Waals surface area contributed by atoms with Crippen molar-refractivity contribution in [2.45, 2.75) is 131 Å². The van der Waals surface area contributed by atoms with Gasteiger partial charge in [-0.15, -0.1) is 34.8 Å². The number of nitrogens with zero attached hydrogens (tertiary/aromatic N) is 5. The number of aryl methyl sites for hydroxylation is 4. The van der Waals surface area contributed by atoms with Gasteiger partial charge in [0.25, 0.3) is 0 Å². The van der Waals surface area contributed by atoms with Crippen molar-refractivity contribution in [1.29, 1.82) is 5.26 Å². The summed E-state index contributed by atoms with van der Waals surface area (Å²) in [6.45, 7) is 31.7. The van der Waals surface area contributed by atoms with Crippen LogP contribution in [0.1, 0.15) is 123 Å². The van der Waals surface area contributed by atoms with E-state index in [0.29, 0.717) is 12.5 Å². The van der Waals surface area contributed by atoms with Crippen molar-refractivity contribution in [3.8, 4) is 6.07 Å². The Hall–Kier alpha value is -2.39. The molecule has 4 aromatic carbocycles. The Kier molecular flexibility index (Phi) is 60.2. The van der Waals surface area contributed by atoms with Crippen molar-refractivity contribution >= 4 is 140 Å². The standard InChI is InChI=1S/C13H19ClN.C13H18ClN.C13H19NO.C7H8.C6H12ClNO.C5H11NO.C2H3N.CH2Cl2.CH4.Cl5P.ClH/c2*1-10(2)13(14)15(4)9-12-7-5-11(3)6-8-12;1-10(2)13(15)14(4)9-12-7-5-11(3)6-8-12;1-7-5-3-2-4-6-7;1-5(2)6(9)8(3)4-7;1-4(2)5(7)6-3;1-2-3;2-1-3;;1-6(2,3,4)5;/h5-8,10H,9H2,1-4H3;5-8H,9H2,1-4H3;5-8,10H,9H2,1-4H3;2-6H,1H3;5H,4H2,1-3H3;4H,1-3H3,(H,6,7);1H3;1H2;1H4;;1H/q+1;;;;;;;;;;/p-1. The van der Waals surface area contributed by atoms with Crippen molar-refractivity contribution in [1.82, 2.24) is 20.0 Å². The van der Waals surface area contributed by atoms with Gasteiger partial charge in [0.15, 0.2) is 6.54 Å². The summed E-state index contributed by atoms with van der Waals surface area (Å²) in [6, 6.07) is 37.7. The van der Waals surface area contributed by atoms with Crippen LogP contribution in [0.2, 0.25) is 0 Å². The Morgan fingerprint density at radius 2 is 0.866 bits per heavy atom. The minimum atomic E-state index is -3.69. The fourth-order valence-corrected chi connectivity index (χ4v) is 5.95. The normalized spacial score (nSPS) is 10.4. The van der Waals surface area contributed by atoms with Gasteiger partial charge in [-0.1, -0.05) is 200 Å². The van der Waals surface area contributed by atoms with Crippen molar-refractivity contribution in [3.63, 3.8) is 0 Å². The van der Waals surface area contributed by atoms with Gasteiger partial charge in [-0.05, 0) is 69.8 Å². The van der Waals surface area contributed by atoms with Gasteiger partial charge in [0.2, 0.25) is 22.9 Å². The van der Waals surface area contributed by atoms with Crippen LogP contribution in [0.4, 0.5) is 0 Å². The summed E-state index contributed by atoms with van der Waals surface area (Å²) in [5, 5.41) is 11.8. The van der Waals surface area contributed by atoms with Crippen LogP contribution >= 0.6 is 118 Å². The van der Waals surface area contributed by atoms with E-state index in [1.165, 1.54) is 50.8 Å². The fraction of sp³-hybridized carbons (Fsp3) is 0.492. The van der Waals surface area contributed by atoms with Crippen LogP contribution in [0.15, 0.2) is 114 Å². The molecular weight excluding hydrogens is 1290 g/mol. The third-order valence-corrected chi connectivity index (χ3v) is 11.6. The molecule has 0 aliphatic heterocycles. The van der Waals surface area contributed by atoms with Gasteiger partial charge in [-0.2, -0.15) is 5.26 Å². The summed E-state index contributed by atoms with van der Waals surface area (Å²) in [6.07, 6.45) is 0. The van der Waals surface area contributed by atoms with Gasteiger partial charge >= 0.3 is 59.6 Å². The molecule has 0 unspecified atom stereocenters. The monoisotopic (exact) mass is 1380 g/mol. The molecule has 0 saturated heterocycles. The number of hydrogen-bond donors (Lipinski definition) is 1. The van der Waals surface area contributed by atoms with Crippen LogP contribution in [0.3, 0.4) is 0 Å². The predicted octanol–water partition coefficient (Wildman–Crippen LogP) is 17.5. The maximum atomic E-state index is 11.6. The Morgan fingerprint density at radius 3 is 1.09 bits per heavy atom. The second-order valence-corrected chi connectivity index (χ2v) is 37.9. The molecule has 0 aromatic heterocycles. The topological polar surface area (TPSA) is 99.8 Å². The number of nitrogens with one attached hydrogen (secondary N) is 1. The first-order chi connectivity index (χ1) is 36.7. The zero-order valence-corrected chi connectivity index (χ0v) is 60.4. The molecule has 21 heteroatoms. The van der Waals surface area contributed by atoms with Gasteiger partial charge < -0.3 is 32.4 Å². The molecule has 0 spiro atoms. The molecule has 0 aliphatic carbocycles. The molecule has 470 valence electrons. The largest absolute Gasteiger partial charge is 1.00 e. The average Bonchev–Trinajstić information content (AvgIpc) is 3.37. The number of benzene rings is 4. The van der Waals surface area contributed by atoms with E-state index in [1.807, 2.05) is 94.7 Å². The minimum Gasteiger partial charge on any atom is -1.00 e. The molecule has 0 aliphatic rings. The first-order valence-electron chi connectivity index (χ1n) is 25.5. The molecule has 0 radical (unpaired) electrons. The van der Waals surface area contributed by atoms with Crippen LogP contribution in [-0.4, -0.2) is 88.7 Å². The van der Waals surface area contributed by atoms with Gasteiger partial charge in [-0.3, -0.25) is 14.4 Å². The van der Waals surface area contributed by atoms with Crippen LogP contribution in [0, 0.1) is 62.7 Å². The SMILES string of the molecule is C.CC#N.CC(C)=C(Cl)N(C)Cc1ccc(C)cc1.CC(C)C(=O)N(C)CCl.CNC(=O)C(C)C.Cc1ccc(CN(C)C(=O)C(C)C)cc1.Cc1ccc(C[N+](C)=C(Cl)C(C)C)cc1.Cc1ccccc1.ClCCl.ClP(Cl)(Cl)(Cl)Cl.[Cl-]. The molecule has 1 N–H and O–H groups in total. The predicted molar refractivity (Wildman–Crippen MR) is 365 cm³/mol. The quantitative estimate of drug-likeness (QED) is 0.0501. The number of carbonyl (C=O) groups excluding carboxylic acids is 3. The number of hydrogen-bond acceptors (Lipinski definition) is 5. The van der Waals surface area contributed by atoms with Gasteiger partial charge in [0.05, 0.1) is 17.4 Å². The summed E-state index contributed by atoms with van der Waals surface area (Å²) < 4.78 is -1.59. The second-order valence-electron chi connectivity index (χ2n) is 19.5. The Balaban J connectivity index is -0.000000161. The Bertz CT molecular complexity index is 2360. The molecule has 0 heterocycles. The van der Waals surface area contributed by atoms with E-state index in [0.717, 1.165) is 29.0 Å². The molecule has 9 nitrogen and oxygen atoms in total. The zero-order valence-electron chi connectivity index (χ0n) is 51.2. The van der Waals surface area contributed by atoms with Crippen LogP contribution in [0.25, 0.3) is 0 Å². The molecule has 4 aromatic rings. The number of alkyl halides is 3. The van der Waals surface area contributed by atoms with Gasteiger partial charge in [0, 0.05) is 77.4 Å². The number of halogens is 11. The second kappa shape index (κ2) is 52.9. The van der Waals surface area contributed by atoms with E-state index in [4.69, 9.17) is 119 Å². The average molecular weight is 1380 g/mol. The zero-order chi connectivity index (χ0) is 63.5. The summed E-state index contributed by atoms with van der Waals surface area (Å²) in [5.74, 6) is 1.00. The van der Waals surface area contributed by atoms with Crippen molar-refractivity contribution in [3.05, 3.63) is 153 Å². The van der Waals surface area contributed by atoms with E-state index >= 15 is 0 Å². The van der Waals surface area contributed by atoms with E-state index in [1.54, 1.807) is 25.1 Å². The van der Waals surface area contributed by atoms with E-state index in [9.17, 15) is 14.4 Å². The summed E-state index contributed by atoms with van der Waals surface area (Å²) >= 11 is 52.2. The molecule has 0 saturated carbocycles. The third-order valence-electron chi connectivity index (χ3n) is 9.84. The van der Waals surface area contributed by atoms with Gasteiger partial charge in [-0.25, -0.2) is 4.58 Å². The maximum absolute atomic E-state index is 11.6. The number of nitriles is 1. The molecule has 0 fully saturated rings. The molecule has 0 bridgehead atoms. The van der Waals surface area contributed by atoms with Gasteiger partial charge in [0.1, 0.15) is 12.2 Å². The van der Waals surface area contributed by atoms with E-state index < -0.39 is 3.37 Å². The van der Waals surface area contributed by atoms with E-state index in [-0.39, 0.29) is 66.7 Å². The molecule has 3 amide bonds. The van der Waals surface area contributed by atoms with Crippen molar-refractivity contribution in [2.24, 2.45) is 23.7 Å². The first kappa shape index (κ1) is 93.3. The molecule has 4 rings (SSSR count). The summed E-state index contributed by atoms with van der Waals surface area (Å²) in [4.78, 5) is 38.3. The number of amides is 3.